The first-order valence-electron chi connectivity index (χ1n) is 7.65. The van der Waals surface area contributed by atoms with Gasteiger partial charge < -0.3 is 14.6 Å². The first-order chi connectivity index (χ1) is 9.76. The Morgan fingerprint density at radius 2 is 1.60 bits per heavy atom. The molecule has 0 saturated heterocycles. The van der Waals surface area contributed by atoms with Gasteiger partial charge in [-0.2, -0.15) is 0 Å². The molecule has 1 aliphatic rings. The normalized spacial score (nSPS) is 18.4. The van der Waals surface area contributed by atoms with Crippen LogP contribution in [-0.4, -0.2) is 19.3 Å². The van der Waals surface area contributed by atoms with E-state index in [0.29, 0.717) is 17.4 Å². The molecule has 1 atom stereocenters. The molecule has 1 aromatic carbocycles. The van der Waals surface area contributed by atoms with Gasteiger partial charge in [0.25, 0.3) is 0 Å². The number of rotatable bonds is 5. The average Bonchev–Trinajstić information content (AvgIpc) is 2.74. The molecule has 1 saturated carbocycles. The zero-order valence-electron chi connectivity index (χ0n) is 12.6. The summed E-state index contributed by atoms with van der Waals surface area (Å²) in [6, 6.07) is 5.65. The minimum Gasteiger partial charge on any atom is -0.496 e. The standard InChI is InChI=1S/C17H26O3/c1-19-15-10-7-11-16(20-2)17(15)14(18)12-13-8-5-3-4-6-9-13/h7,10-11,13-14,18H,3-6,8-9,12H2,1-2H3. The highest BCUT2D eigenvalue weighted by Crippen LogP contribution is 2.39. The SMILES string of the molecule is COc1cccc(OC)c1C(O)CC1CCCCCC1. The topological polar surface area (TPSA) is 38.7 Å². The maximum atomic E-state index is 10.6. The van der Waals surface area contributed by atoms with E-state index in [4.69, 9.17) is 9.47 Å². The van der Waals surface area contributed by atoms with Crippen molar-refractivity contribution in [2.75, 3.05) is 14.2 Å². The van der Waals surface area contributed by atoms with Crippen molar-refractivity contribution in [3.63, 3.8) is 0 Å². The van der Waals surface area contributed by atoms with Crippen molar-refractivity contribution in [3.8, 4) is 11.5 Å². The van der Waals surface area contributed by atoms with E-state index in [-0.39, 0.29) is 0 Å². The third kappa shape index (κ3) is 3.66. The predicted molar refractivity (Wildman–Crippen MR) is 80.3 cm³/mol. The van der Waals surface area contributed by atoms with Gasteiger partial charge in [0, 0.05) is 0 Å². The van der Waals surface area contributed by atoms with Crippen LogP contribution in [0, 0.1) is 5.92 Å². The molecular formula is C17H26O3. The summed E-state index contributed by atoms with van der Waals surface area (Å²) >= 11 is 0. The lowest BCUT2D eigenvalue weighted by Crippen LogP contribution is -2.09. The first-order valence-corrected chi connectivity index (χ1v) is 7.65. The maximum Gasteiger partial charge on any atom is 0.128 e. The second-order valence-electron chi connectivity index (χ2n) is 5.69. The van der Waals surface area contributed by atoms with Crippen molar-refractivity contribution < 1.29 is 14.6 Å². The Labute approximate surface area is 121 Å². The lowest BCUT2D eigenvalue weighted by molar-refractivity contribution is 0.132. The zero-order valence-corrected chi connectivity index (χ0v) is 12.6. The Morgan fingerprint density at radius 3 is 2.10 bits per heavy atom. The monoisotopic (exact) mass is 278 g/mol. The molecule has 0 bridgehead atoms. The quantitative estimate of drug-likeness (QED) is 0.824. The second kappa shape index (κ2) is 7.53. The zero-order chi connectivity index (χ0) is 14.4. The fourth-order valence-corrected chi connectivity index (χ4v) is 3.24. The Kier molecular flexibility index (Phi) is 5.72. The van der Waals surface area contributed by atoms with Gasteiger partial charge in [0.05, 0.1) is 25.9 Å². The number of hydrogen-bond acceptors (Lipinski definition) is 3. The highest BCUT2D eigenvalue weighted by molar-refractivity contribution is 5.46. The number of hydrogen-bond donors (Lipinski definition) is 1. The van der Waals surface area contributed by atoms with E-state index in [1.54, 1.807) is 14.2 Å². The molecule has 0 heterocycles. The largest absolute Gasteiger partial charge is 0.496 e. The lowest BCUT2D eigenvalue weighted by atomic mass is 9.90. The predicted octanol–water partition coefficient (Wildman–Crippen LogP) is 4.10. The molecule has 3 nitrogen and oxygen atoms in total. The molecule has 1 unspecified atom stereocenters. The molecule has 1 fully saturated rings. The number of aliphatic hydroxyl groups excluding tert-OH is 1. The van der Waals surface area contributed by atoms with E-state index in [0.717, 1.165) is 12.0 Å². The van der Waals surface area contributed by atoms with Gasteiger partial charge in [0.1, 0.15) is 11.5 Å². The first kappa shape index (κ1) is 15.2. The molecule has 0 aromatic heterocycles. The van der Waals surface area contributed by atoms with Crippen LogP contribution in [-0.2, 0) is 0 Å². The molecule has 20 heavy (non-hydrogen) atoms. The molecule has 1 aromatic rings. The number of aliphatic hydroxyl groups is 1. The second-order valence-corrected chi connectivity index (χ2v) is 5.69. The minimum atomic E-state index is -0.510. The van der Waals surface area contributed by atoms with Crippen molar-refractivity contribution in [1.82, 2.24) is 0 Å². The van der Waals surface area contributed by atoms with Crippen LogP contribution in [0.3, 0.4) is 0 Å². The highest BCUT2D eigenvalue weighted by atomic mass is 16.5. The van der Waals surface area contributed by atoms with E-state index in [1.807, 2.05) is 18.2 Å². The number of methoxy groups -OCH3 is 2. The van der Waals surface area contributed by atoms with Crippen molar-refractivity contribution in [2.24, 2.45) is 5.92 Å². The van der Waals surface area contributed by atoms with Crippen LogP contribution in [0.2, 0.25) is 0 Å². The van der Waals surface area contributed by atoms with Gasteiger partial charge in [-0.1, -0.05) is 44.6 Å². The van der Waals surface area contributed by atoms with Gasteiger partial charge in [0.2, 0.25) is 0 Å². The summed E-state index contributed by atoms with van der Waals surface area (Å²) in [6.45, 7) is 0. The van der Waals surface area contributed by atoms with E-state index in [1.165, 1.54) is 38.5 Å². The van der Waals surface area contributed by atoms with Crippen LogP contribution < -0.4 is 9.47 Å². The average molecular weight is 278 g/mol. The third-order valence-corrected chi connectivity index (χ3v) is 4.33. The molecule has 2 rings (SSSR count). The van der Waals surface area contributed by atoms with Crippen molar-refractivity contribution >= 4 is 0 Å². The van der Waals surface area contributed by atoms with Crippen LogP contribution >= 0.6 is 0 Å². The number of ether oxygens (including phenoxy) is 2. The third-order valence-electron chi connectivity index (χ3n) is 4.33. The Hall–Kier alpha value is -1.22. The molecule has 0 spiro atoms. The smallest absolute Gasteiger partial charge is 0.128 e. The summed E-state index contributed by atoms with van der Waals surface area (Å²) in [5, 5.41) is 10.6. The van der Waals surface area contributed by atoms with E-state index in [2.05, 4.69) is 0 Å². The van der Waals surface area contributed by atoms with Gasteiger partial charge in [-0.25, -0.2) is 0 Å². The Bertz CT molecular complexity index is 386. The minimum absolute atomic E-state index is 0.510. The fourth-order valence-electron chi connectivity index (χ4n) is 3.24. The molecule has 0 aliphatic heterocycles. The summed E-state index contributed by atoms with van der Waals surface area (Å²) in [5.74, 6) is 2.04. The van der Waals surface area contributed by atoms with Crippen molar-refractivity contribution in [2.45, 2.75) is 51.0 Å². The highest BCUT2D eigenvalue weighted by Gasteiger charge is 2.23. The fraction of sp³-hybridized carbons (Fsp3) is 0.647. The summed E-state index contributed by atoms with van der Waals surface area (Å²) in [7, 11) is 3.27. The summed E-state index contributed by atoms with van der Waals surface area (Å²) in [5.41, 5.74) is 0.793. The number of benzene rings is 1. The van der Waals surface area contributed by atoms with E-state index >= 15 is 0 Å². The van der Waals surface area contributed by atoms with Gasteiger partial charge in [-0.15, -0.1) is 0 Å². The van der Waals surface area contributed by atoms with Crippen molar-refractivity contribution in [1.29, 1.82) is 0 Å². The molecule has 0 amide bonds. The maximum absolute atomic E-state index is 10.6. The van der Waals surface area contributed by atoms with Crippen LogP contribution in [0.1, 0.15) is 56.6 Å². The van der Waals surface area contributed by atoms with Gasteiger partial charge in [-0.3, -0.25) is 0 Å². The van der Waals surface area contributed by atoms with Crippen LogP contribution in [0.5, 0.6) is 11.5 Å². The van der Waals surface area contributed by atoms with Crippen LogP contribution in [0.25, 0.3) is 0 Å². The summed E-state index contributed by atoms with van der Waals surface area (Å²) in [4.78, 5) is 0. The van der Waals surface area contributed by atoms with E-state index in [9.17, 15) is 5.11 Å². The molecular weight excluding hydrogens is 252 g/mol. The molecule has 0 radical (unpaired) electrons. The summed E-state index contributed by atoms with van der Waals surface area (Å²) in [6.07, 6.45) is 8.01. The molecule has 1 N–H and O–H groups in total. The molecule has 1 aliphatic carbocycles. The lowest BCUT2D eigenvalue weighted by Gasteiger charge is -2.22. The van der Waals surface area contributed by atoms with Gasteiger partial charge in [-0.05, 0) is 24.5 Å². The van der Waals surface area contributed by atoms with Crippen molar-refractivity contribution in [3.05, 3.63) is 23.8 Å². The Balaban J connectivity index is 2.12. The molecule has 112 valence electrons. The van der Waals surface area contributed by atoms with Gasteiger partial charge >= 0.3 is 0 Å². The van der Waals surface area contributed by atoms with Crippen LogP contribution in [0.15, 0.2) is 18.2 Å². The Morgan fingerprint density at radius 1 is 1.05 bits per heavy atom. The van der Waals surface area contributed by atoms with Gasteiger partial charge in [0.15, 0.2) is 0 Å². The van der Waals surface area contributed by atoms with Crippen LogP contribution in [0.4, 0.5) is 0 Å². The molecule has 3 heteroatoms. The summed E-state index contributed by atoms with van der Waals surface area (Å²) < 4.78 is 10.8. The van der Waals surface area contributed by atoms with E-state index < -0.39 is 6.10 Å².